The van der Waals surface area contributed by atoms with E-state index >= 15 is 0 Å². The molecule has 0 aliphatic carbocycles. The van der Waals surface area contributed by atoms with Gasteiger partial charge in [0.2, 0.25) is 0 Å². The molecule has 358 valence electrons. The molecule has 0 saturated heterocycles. The predicted octanol–water partition coefficient (Wildman–Crippen LogP) is 13.9. The van der Waals surface area contributed by atoms with Crippen LogP contribution in [0.15, 0.2) is 122 Å². The molecule has 0 spiro atoms. The van der Waals surface area contributed by atoms with Crippen LogP contribution < -0.4 is 16.6 Å². The highest BCUT2D eigenvalue weighted by Crippen LogP contribution is 2.68. The van der Waals surface area contributed by atoms with Gasteiger partial charge in [0.1, 0.15) is 10.7 Å². The molecule has 67 heavy (non-hydrogen) atoms. The maximum Gasteiger partial charge on any atom is 0.332 e. The molecule has 0 aliphatic heterocycles. The summed E-state index contributed by atoms with van der Waals surface area (Å²) in [7, 11) is 0. The number of nitrogens with one attached hydrogen (secondary N) is 2. The van der Waals surface area contributed by atoms with E-state index in [0.717, 1.165) is 27.1 Å². The Kier molecular flexibility index (Phi) is 27.5. The van der Waals surface area contributed by atoms with Crippen LogP contribution in [0.25, 0.3) is 43.6 Å². The van der Waals surface area contributed by atoms with Gasteiger partial charge in [0.05, 0.1) is 59.9 Å². The first kappa shape index (κ1) is 63.1. The number of hydrogen-bond donors (Lipinski definition) is 4. The summed E-state index contributed by atoms with van der Waals surface area (Å²) in [5.41, 5.74) is 7.93. The minimum absolute atomic E-state index is 0. The number of nitrogen functional groups attached to an aromatic ring is 1. The van der Waals surface area contributed by atoms with Crippen molar-refractivity contribution in [1.82, 2.24) is 19.9 Å². The molecule has 8 rings (SSSR count). The number of H-pyrrole nitrogens is 2. The van der Waals surface area contributed by atoms with E-state index in [-0.39, 0.29) is 39.3 Å². The van der Waals surface area contributed by atoms with E-state index in [0.29, 0.717) is 52.1 Å². The standard InChI is InChI=1S/C9H4BrClN2O2.C9H6BrClN2.C9H5ClN2O3.C9H6ClNO.CH4.Br3OP.HNO3.H2O.H3P/c10-9-6-2-1-5(11)3-7(6)12-4-8(9)13(14)15;10-9-6-2-1-5(11)3-8(6)13-4-7(9)12;10-5-1-2-6-7(3-5)11-4-8(9(6)13)12(14)15;10-6-1-2-7-8(5-6)11-4-3-9(7)12;;1-5(2,3)4;2-1(3)4;;/h1-4H;1-4H,12H2;1-4H,(H,11,13);1-5H,(H,11,12);1H4;;(H,2,3,4);1H2;1H3. The van der Waals surface area contributed by atoms with E-state index in [1.165, 1.54) is 24.4 Å². The van der Waals surface area contributed by atoms with Gasteiger partial charge < -0.3 is 26.4 Å². The van der Waals surface area contributed by atoms with E-state index in [1.807, 2.05) is 12.1 Å². The number of pyridine rings is 4. The number of nitrogens with zero attached hydrogens (tertiary/aromatic N) is 5. The Hall–Kier alpha value is -3.90. The van der Waals surface area contributed by atoms with Gasteiger partial charge in [-0.05, 0) is 98.6 Å². The fourth-order valence-electron chi connectivity index (χ4n) is 4.87. The molecule has 1 unspecified atom stereocenters. The van der Waals surface area contributed by atoms with Gasteiger partial charge in [-0.1, -0.05) is 59.9 Å². The number of nitrogens with two attached hydrogens (primary N) is 1. The molecule has 0 amide bonds. The van der Waals surface area contributed by atoms with E-state index in [2.05, 4.69) is 98.3 Å². The van der Waals surface area contributed by atoms with Crippen molar-refractivity contribution in [3.8, 4) is 0 Å². The van der Waals surface area contributed by atoms with Crippen LogP contribution in [0.5, 0.6) is 0 Å². The van der Waals surface area contributed by atoms with Crippen molar-refractivity contribution in [2.24, 2.45) is 0 Å². The highest BCUT2D eigenvalue weighted by molar-refractivity contribution is 9.94. The van der Waals surface area contributed by atoms with Crippen molar-refractivity contribution >= 4 is 199 Å². The van der Waals surface area contributed by atoms with Gasteiger partial charge in [-0.25, -0.2) is 4.98 Å². The molecule has 4 aromatic carbocycles. The van der Waals surface area contributed by atoms with Crippen molar-refractivity contribution in [2.75, 3.05) is 5.73 Å². The SMILES string of the molecule is C.Nc1cnc2cc(Cl)ccc2c1Br.O.O=P(Br)(Br)Br.O=[N+]([O-])O.O=[N+]([O-])c1cnc2cc(Cl)ccc2c1Br.O=c1c([N+](=O)[O-])c[nH]c2cc(Cl)ccc12.O=c1cc[nH]c2cc(Cl)ccc12.P. The van der Waals surface area contributed by atoms with E-state index in [1.54, 1.807) is 60.9 Å². The van der Waals surface area contributed by atoms with E-state index in [9.17, 15) is 34.4 Å². The Labute approximate surface area is 441 Å². The Morgan fingerprint density at radius 2 is 1.03 bits per heavy atom. The van der Waals surface area contributed by atoms with Gasteiger partial charge in [0.15, 0.2) is 5.43 Å². The summed E-state index contributed by atoms with van der Waals surface area (Å²) in [4.78, 5) is 64.8. The number of benzene rings is 4. The summed E-state index contributed by atoms with van der Waals surface area (Å²) in [6.07, 6.45) is 5.51. The molecule has 0 saturated carbocycles. The maximum absolute atomic E-state index is 11.6. The fraction of sp³-hybridized carbons (Fsp3) is 0.0270. The Bertz CT molecular complexity index is 3200. The lowest BCUT2D eigenvalue weighted by atomic mass is 10.2. The molecule has 0 fully saturated rings. The maximum atomic E-state index is 11.6. The Morgan fingerprint density at radius 3 is 1.49 bits per heavy atom. The van der Waals surface area contributed by atoms with Crippen molar-refractivity contribution in [3.05, 3.63) is 183 Å². The topological polar surface area (TPSA) is 316 Å². The van der Waals surface area contributed by atoms with Crippen LogP contribution in [0.1, 0.15) is 7.43 Å². The average Bonchev–Trinajstić information content (AvgIpc) is 3.19. The lowest BCUT2D eigenvalue weighted by Crippen LogP contribution is -2.08. The summed E-state index contributed by atoms with van der Waals surface area (Å²) < 4.78 is 9.06. The predicted molar refractivity (Wildman–Crippen MR) is 290 cm³/mol. The molecule has 30 heteroatoms. The normalized spacial score (nSPS) is 9.87. The molecular weight excluding hydrogens is 1340 g/mol. The number of anilines is 1. The summed E-state index contributed by atoms with van der Waals surface area (Å²) in [5, 5.41) is 39.7. The lowest BCUT2D eigenvalue weighted by molar-refractivity contribution is -0.742. The number of hydrogen-bond acceptors (Lipinski definition) is 12. The van der Waals surface area contributed by atoms with Gasteiger partial charge in [-0.2, -0.15) is 9.90 Å². The van der Waals surface area contributed by atoms with Gasteiger partial charge in [0, 0.05) is 95.0 Å². The lowest BCUT2D eigenvalue weighted by Gasteiger charge is -2.02. The van der Waals surface area contributed by atoms with Crippen molar-refractivity contribution in [3.63, 3.8) is 0 Å². The molecule has 4 aromatic heterocycles. The number of fused-ring (bicyclic) bond motifs is 4. The zero-order valence-electron chi connectivity index (χ0n) is 32.3. The minimum Gasteiger partial charge on any atom is -0.412 e. The molecule has 0 radical (unpaired) electrons. The number of aromatic nitrogens is 4. The monoisotopic (exact) mass is 1360 g/mol. The highest BCUT2D eigenvalue weighted by Gasteiger charge is 2.16. The van der Waals surface area contributed by atoms with Crippen molar-refractivity contribution in [1.29, 1.82) is 0 Å². The van der Waals surface area contributed by atoms with Crippen LogP contribution in [-0.4, -0.2) is 45.6 Å². The van der Waals surface area contributed by atoms with Crippen LogP contribution in [0.4, 0.5) is 17.1 Å². The average molecular weight is 1370 g/mol. The smallest absolute Gasteiger partial charge is 0.332 e. The second kappa shape index (κ2) is 29.2. The molecule has 0 aliphatic rings. The van der Waals surface area contributed by atoms with Crippen LogP contribution >= 0.6 is 138 Å². The zero-order valence-corrected chi connectivity index (χ0v) is 45.6. The first-order chi connectivity index (χ1) is 29.9. The summed E-state index contributed by atoms with van der Waals surface area (Å²) in [6, 6.07) is 21.7. The molecule has 8 aromatic rings. The number of aromatic amines is 2. The van der Waals surface area contributed by atoms with Crippen LogP contribution in [0.3, 0.4) is 0 Å². The number of rotatable bonds is 2. The third-order valence-corrected chi connectivity index (χ3v) is 10.1. The van der Waals surface area contributed by atoms with Gasteiger partial charge >= 0.3 is 11.4 Å². The molecule has 1 atom stereocenters. The largest absolute Gasteiger partial charge is 0.412 e. The molecule has 7 N–H and O–H groups in total. The molecule has 0 bridgehead atoms. The molecule has 19 nitrogen and oxygen atoms in total. The first-order valence-corrected chi connectivity index (χ1v) is 27.4. The summed E-state index contributed by atoms with van der Waals surface area (Å²) in [6.45, 7) is 0. The minimum atomic E-state index is -2.20. The second-order valence-corrected chi connectivity index (χ2v) is 33.4. The highest BCUT2D eigenvalue weighted by atomic mass is 80.0. The zero-order chi connectivity index (χ0) is 48.1. The Morgan fingerprint density at radius 1 is 0.642 bits per heavy atom. The van der Waals surface area contributed by atoms with Crippen molar-refractivity contribution in [2.45, 2.75) is 7.43 Å². The van der Waals surface area contributed by atoms with Crippen LogP contribution in [-0.2, 0) is 4.57 Å². The quantitative estimate of drug-likeness (QED) is 0.0711. The molecule has 4 heterocycles. The Balaban J connectivity index is 0.000000807. The first-order valence-electron chi connectivity index (χ1n) is 16.5. The number of nitro groups is 2. The van der Waals surface area contributed by atoms with Gasteiger partial charge in [0.25, 0.3) is 13.8 Å². The molecular formula is C37H31Br5Cl4N8O11P2. The number of halogens is 9. The van der Waals surface area contributed by atoms with Crippen molar-refractivity contribution < 1.29 is 30.2 Å². The fourth-order valence-corrected chi connectivity index (χ4v) is 6.56. The van der Waals surface area contributed by atoms with E-state index < -0.39 is 29.3 Å². The summed E-state index contributed by atoms with van der Waals surface area (Å²) >= 11 is 37.9. The van der Waals surface area contributed by atoms with E-state index in [4.69, 9.17) is 67.5 Å². The van der Waals surface area contributed by atoms with Crippen LogP contribution in [0, 0.1) is 30.3 Å². The van der Waals surface area contributed by atoms with Gasteiger partial charge in [-0.15, -0.1) is 10.1 Å². The summed E-state index contributed by atoms with van der Waals surface area (Å²) in [5.74, 6) is 0. The third kappa shape index (κ3) is 20.3. The second-order valence-electron chi connectivity index (χ2n) is 11.7. The van der Waals surface area contributed by atoms with Gasteiger partial charge in [-0.3, -0.25) is 39.4 Å². The van der Waals surface area contributed by atoms with Crippen LogP contribution in [0.2, 0.25) is 20.1 Å². The third-order valence-electron chi connectivity index (χ3n) is 7.48.